The summed E-state index contributed by atoms with van der Waals surface area (Å²) in [6.45, 7) is 3.63. The van der Waals surface area contributed by atoms with Gasteiger partial charge < -0.3 is 11.1 Å². The van der Waals surface area contributed by atoms with E-state index in [0.717, 1.165) is 12.0 Å². The van der Waals surface area contributed by atoms with Crippen molar-refractivity contribution in [1.29, 1.82) is 0 Å². The second-order valence-corrected chi connectivity index (χ2v) is 3.76. The highest BCUT2D eigenvalue weighted by Crippen LogP contribution is 2.01. The second kappa shape index (κ2) is 5.46. The number of hydrogen-bond acceptors (Lipinski definition) is 3. The molecule has 0 saturated carbocycles. The van der Waals surface area contributed by atoms with Gasteiger partial charge >= 0.3 is 0 Å². The molecule has 1 aromatic rings. The van der Waals surface area contributed by atoms with E-state index in [2.05, 4.69) is 10.3 Å². The maximum Gasteiger partial charge on any atom is 0.236 e. The second-order valence-electron chi connectivity index (χ2n) is 3.76. The summed E-state index contributed by atoms with van der Waals surface area (Å²) in [7, 11) is 0. The third kappa shape index (κ3) is 4.08. The van der Waals surface area contributed by atoms with Gasteiger partial charge in [0.25, 0.3) is 0 Å². The van der Waals surface area contributed by atoms with Crippen LogP contribution in [-0.4, -0.2) is 23.0 Å². The molecule has 1 amide bonds. The SMILES string of the molecule is CC(Cc1ccncc1)NC(=O)[C@@H](C)N. The molecule has 0 radical (unpaired) electrons. The monoisotopic (exact) mass is 207 g/mol. The van der Waals surface area contributed by atoms with Gasteiger partial charge in [0, 0.05) is 18.4 Å². The molecule has 0 aromatic carbocycles. The molecule has 1 aromatic heterocycles. The zero-order valence-corrected chi connectivity index (χ0v) is 9.10. The number of pyridine rings is 1. The van der Waals surface area contributed by atoms with Crippen molar-refractivity contribution >= 4 is 5.91 Å². The van der Waals surface area contributed by atoms with Crippen LogP contribution < -0.4 is 11.1 Å². The molecule has 4 heteroatoms. The van der Waals surface area contributed by atoms with E-state index in [9.17, 15) is 4.79 Å². The summed E-state index contributed by atoms with van der Waals surface area (Å²) in [6, 6.07) is 3.51. The summed E-state index contributed by atoms with van der Waals surface area (Å²) in [5.41, 5.74) is 6.61. The predicted molar refractivity (Wildman–Crippen MR) is 59.2 cm³/mol. The Balaban J connectivity index is 2.43. The number of nitrogens with two attached hydrogens (primary N) is 1. The Morgan fingerprint density at radius 2 is 2.07 bits per heavy atom. The van der Waals surface area contributed by atoms with Crippen LogP contribution >= 0.6 is 0 Å². The van der Waals surface area contributed by atoms with Crippen molar-refractivity contribution in [2.45, 2.75) is 32.4 Å². The van der Waals surface area contributed by atoms with Gasteiger partial charge in [0.15, 0.2) is 0 Å². The minimum Gasteiger partial charge on any atom is -0.352 e. The van der Waals surface area contributed by atoms with Gasteiger partial charge in [-0.05, 0) is 38.0 Å². The topological polar surface area (TPSA) is 68.0 Å². The van der Waals surface area contributed by atoms with Gasteiger partial charge in [-0.2, -0.15) is 0 Å². The molecular formula is C11H17N3O. The van der Waals surface area contributed by atoms with Crippen LogP contribution in [-0.2, 0) is 11.2 Å². The molecule has 82 valence electrons. The third-order valence-electron chi connectivity index (χ3n) is 2.09. The fraction of sp³-hybridized carbons (Fsp3) is 0.455. The minimum absolute atomic E-state index is 0.0888. The molecule has 0 aliphatic rings. The van der Waals surface area contributed by atoms with Crippen LogP contribution in [0.3, 0.4) is 0 Å². The lowest BCUT2D eigenvalue weighted by Gasteiger charge is -2.15. The number of carbonyl (C=O) groups excluding carboxylic acids is 1. The molecule has 0 saturated heterocycles. The maximum atomic E-state index is 11.3. The molecule has 2 atom stereocenters. The molecule has 0 fully saturated rings. The smallest absolute Gasteiger partial charge is 0.236 e. The summed E-state index contributed by atoms with van der Waals surface area (Å²) < 4.78 is 0. The molecule has 0 aliphatic carbocycles. The largest absolute Gasteiger partial charge is 0.352 e. The highest BCUT2D eigenvalue weighted by molar-refractivity contribution is 5.81. The number of carbonyl (C=O) groups is 1. The van der Waals surface area contributed by atoms with E-state index in [1.807, 2.05) is 19.1 Å². The van der Waals surface area contributed by atoms with Crippen LogP contribution in [0.5, 0.6) is 0 Å². The van der Waals surface area contributed by atoms with Crippen molar-refractivity contribution in [1.82, 2.24) is 10.3 Å². The average molecular weight is 207 g/mol. The van der Waals surface area contributed by atoms with E-state index < -0.39 is 6.04 Å². The molecular weight excluding hydrogens is 190 g/mol. The van der Waals surface area contributed by atoms with Crippen molar-refractivity contribution in [3.63, 3.8) is 0 Å². The molecule has 0 aliphatic heterocycles. The molecule has 15 heavy (non-hydrogen) atoms. The average Bonchev–Trinajstić information content (AvgIpc) is 2.18. The van der Waals surface area contributed by atoms with Gasteiger partial charge in [-0.25, -0.2) is 0 Å². The molecule has 0 bridgehead atoms. The van der Waals surface area contributed by atoms with Crippen LogP contribution in [0.4, 0.5) is 0 Å². The Morgan fingerprint density at radius 1 is 1.47 bits per heavy atom. The number of amides is 1. The highest BCUT2D eigenvalue weighted by atomic mass is 16.2. The lowest BCUT2D eigenvalue weighted by atomic mass is 10.1. The summed E-state index contributed by atoms with van der Waals surface area (Å²) in [4.78, 5) is 15.2. The fourth-order valence-electron chi connectivity index (χ4n) is 1.30. The van der Waals surface area contributed by atoms with E-state index in [1.165, 1.54) is 0 Å². The van der Waals surface area contributed by atoms with Gasteiger partial charge in [-0.3, -0.25) is 9.78 Å². The Hall–Kier alpha value is -1.42. The Bertz CT molecular complexity index is 311. The Morgan fingerprint density at radius 3 is 2.60 bits per heavy atom. The normalized spacial score (nSPS) is 14.3. The van der Waals surface area contributed by atoms with Crippen LogP contribution in [0, 0.1) is 0 Å². The Labute approximate surface area is 89.9 Å². The summed E-state index contributed by atoms with van der Waals surface area (Å²) in [5.74, 6) is -0.114. The summed E-state index contributed by atoms with van der Waals surface area (Å²) in [5, 5.41) is 2.84. The lowest BCUT2D eigenvalue weighted by molar-refractivity contribution is -0.122. The predicted octanol–water partition coefficient (Wildman–Crippen LogP) is 0.476. The van der Waals surface area contributed by atoms with Crippen LogP contribution in [0.2, 0.25) is 0 Å². The standard InChI is InChI=1S/C11H17N3O/c1-8(14-11(15)9(2)12)7-10-3-5-13-6-4-10/h3-6,8-9H,7,12H2,1-2H3,(H,14,15)/t8?,9-/m1/s1. The molecule has 4 nitrogen and oxygen atoms in total. The van der Waals surface area contributed by atoms with Crippen molar-refractivity contribution in [2.24, 2.45) is 5.73 Å². The van der Waals surface area contributed by atoms with Crippen LogP contribution in [0.15, 0.2) is 24.5 Å². The zero-order chi connectivity index (χ0) is 11.3. The van der Waals surface area contributed by atoms with Gasteiger partial charge in [-0.1, -0.05) is 0 Å². The van der Waals surface area contributed by atoms with Gasteiger partial charge in [0.2, 0.25) is 5.91 Å². The lowest BCUT2D eigenvalue weighted by Crippen LogP contribution is -2.43. The highest BCUT2D eigenvalue weighted by Gasteiger charge is 2.11. The first-order chi connectivity index (χ1) is 7.09. The van der Waals surface area contributed by atoms with E-state index in [-0.39, 0.29) is 11.9 Å². The summed E-state index contributed by atoms with van der Waals surface area (Å²) >= 11 is 0. The minimum atomic E-state index is -0.454. The van der Waals surface area contributed by atoms with E-state index in [0.29, 0.717) is 0 Å². The molecule has 1 rings (SSSR count). The third-order valence-corrected chi connectivity index (χ3v) is 2.09. The number of hydrogen-bond donors (Lipinski definition) is 2. The Kier molecular flexibility index (Phi) is 4.24. The van der Waals surface area contributed by atoms with Gasteiger partial charge in [0.1, 0.15) is 0 Å². The van der Waals surface area contributed by atoms with Crippen LogP contribution in [0.1, 0.15) is 19.4 Å². The van der Waals surface area contributed by atoms with Crippen LogP contribution in [0.25, 0.3) is 0 Å². The van der Waals surface area contributed by atoms with E-state index in [4.69, 9.17) is 5.73 Å². The number of aromatic nitrogens is 1. The van der Waals surface area contributed by atoms with Crippen molar-refractivity contribution in [3.05, 3.63) is 30.1 Å². The first-order valence-electron chi connectivity index (χ1n) is 5.04. The zero-order valence-electron chi connectivity index (χ0n) is 9.10. The number of nitrogens with zero attached hydrogens (tertiary/aromatic N) is 1. The maximum absolute atomic E-state index is 11.3. The first kappa shape index (κ1) is 11.7. The van der Waals surface area contributed by atoms with E-state index >= 15 is 0 Å². The first-order valence-corrected chi connectivity index (χ1v) is 5.04. The van der Waals surface area contributed by atoms with Gasteiger partial charge in [0.05, 0.1) is 6.04 Å². The van der Waals surface area contributed by atoms with Crippen molar-refractivity contribution in [3.8, 4) is 0 Å². The number of nitrogens with one attached hydrogen (secondary N) is 1. The quantitative estimate of drug-likeness (QED) is 0.754. The van der Waals surface area contributed by atoms with E-state index in [1.54, 1.807) is 19.3 Å². The molecule has 0 spiro atoms. The number of rotatable bonds is 4. The molecule has 3 N–H and O–H groups in total. The van der Waals surface area contributed by atoms with Crippen molar-refractivity contribution < 1.29 is 4.79 Å². The summed E-state index contributed by atoms with van der Waals surface area (Å²) in [6.07, 6.45) is 4.28. The molecule has 1 unspecified atom stereocenters. The molecule has 1 heterocycles. The fourth-order valence-corrected chi connectivity index (χ4v) is 1.30. The van der Waals surface area contributed by atoms with Crippen molar-refractivity contribution in [2.75, 3.05) is 0 Å². The van der Waals surface area contributed by atoms with Gasteiger partial charge in [-0.15, -0.1) is 0 Å².